The lowest BCUT2D eigenvalue weighted by atomic mass is 10.1. The largest absolute Gasteiger partial charge is 0.368 e. The van der Waals surface area contributed by atoms with Crippen molar-refractivity contribution in [2.45, 2.75) is 0 Å². The molecule has 2 aliphatic carbocycles. The third-order valence-electron chi connectivity index (χ3n) is 3.41. The number of amides is 2. The molecule has 4 heteroatoms. The number of nitrogens with one attached hydrogen (secondary N) is 1. The number of nitrogens with two attached hydrogens (primary N) is 1. The first-order valence-electron chi connectivity index (χ1n) is 6.63. The molecule has 0 heterocycles. The van der Waals surface area contributed by atoms with Gasteiger partial charge in [-0.25, -0.2) is 0 Å². The van der Waals surface area contributed by atoms with Crippen molar-refractivity contribution < 1.29 is 9.59 Å². The highest BCUT2D eigenvalue weighted by atomic mass is 16.2. The summed E-state index contributed by atoms with van der Waals surface area (Å²) in [5.74, 6) is -0.861. The zero-order chi connectivity index (χ0) is 14.8. The summed E-state index contributed by atoms with van der Waals surface area (Å²) >= 11 is 0. The molecule has 0 atom stereocenters. The number of benzene rings is 1. The monoisotopic (exact) mass is 278 g/mol. The second-order valence-electron chi connectivity index (χ2n) is 4.88. The minimum absolute atomic E-state index is 0.159. The Morgan fingerprint density at radius 1 is 1.00 bits per heavy atom. The fourth-order valence-electron chi connectivity index (χ4n) is 2.43. The highest BCUT2D eigenvalue weighted by Crippen LogP contribution is 2.33. The zero-order valence-electron chi connectivity index (χ0n) is 11.3. The van der Waals surface area contributed by atoms with Crippen molar-refractivity contribution in [1.29, 1.82) is 0 Å². The van der Waals surface area contributed by atoms with Gasteiger partial charge in [-0.2, -0.15) is 0 Å². The number of carbonyl (C=O) groups is 2. The Balaban J connectivity index is 2.03. The Kier molecular flexibility index (Phi) is 3.28. The van der Waals surface area contributed by atoms with Gasteiger partial charge in [-0.3, -0.25) is 9.59 Å². The molecule has 0 aliphatic heterocycles. The summed E-state index contributed by atoms with van der Waals surface area (Å²) in [5, 5.41) is 4.60. The molecule has 2 amide bonds. The molecular weight excluding hydrogens is 264 g/mol. The molecule has 104 valence electrons. The maximum Gasteiger partial charge on any atom is 0.251 e. The summed E-state index contributed by atoms with van der Waals surface area (Å²) < 4.78 is 0. The number of hydrogen-bond acceptors (Lipinski definition) is 2. The van der Waals surface area contributed by atoms with Crippen LogP contribution in [0.2, 0.25) is 0 Å². The standard InChI is InChI=1S/C17H14N2O2/c18-16(20)10-19-17(21)13-7-6-12-8-11-4-2-1-3-5-14(11)15(12)9-13/h1-9H,10H2,(H2,18,20)(H,19,21). The smallest absolute Gasteiger partial charge is 0.251 e. The van der Waals surface area contributed by atoms with Crippen LogP contribution < -0.4 is 11.1 Å². The molecule has 0 aromatic heterocycles. The van der Waals surface area contributed by atoms with Gasteiger partial charge in [0.25, 0.3) is 5.91 Å². The van der Waals surface area contributed by atoms with Crippen molar-refractivity contribution in [2.24, 2.45) is 5.73 Å². The second-order valence-corrected chi connectivity index (χ2v) is 4.88. The van der Waals surface area contributed by atoms with Crippen LogP contribution in [0.15, 0.2) is 54.6 Å². The predicted molar refractivity (Wildman–Crippen MR) is 82.1 cm³/mol. The molecule has 0 unspecified atom stereocenters. The van der Waals surface area contributed by atoms with Gasteiger partial charge in [0.05, 0.1) is 6.54 Å². The maximum atomic E-state index is 12.0. The molecule has 0 radical (unpaired) electrons. The minimum Gasteiger partial charge on any atom is -0.368 e. The van der Waals surface area contributed by atoms with E-state index in [4.69, 9.17) is 5.73 Å². The Bertz CT molecular complexity index is 811. The third kappa shape index (κ3) is 2.56. The molecule has 0 saturated heterocycles. The van der Waals surface area contributed by atoms with E-state index >= 15 is 0 Å². The highest BCUT2D eigenvalue weighted by Gasteiger charge is 2.12. The van der Waals surface area contributed by atoms with Crippen LogP contribution >= 0.6 is 0 Å². The predicted octanol–water partition coefficient (Wildman–Crippen LogP) is 2.16. The van der Waals surface area contributed by atoms with E-state index in [0.717, 1.165) is 21.9 Å². The van der Waals surface area contributed by atoms with E-state index < -0.39 is 5.91 Å². The van der Waals surface area contributed by atoms with Gasteiger partial charge in [-0.05, 0) is 40.1 Å². The molecular formula is C17H14N2O2. The molecule has 1 aromatic rings. The lowest BCUT2D eigenvalue weighted by Crippen LogP contribution is -2.33. The van der Waals surface area contributed by atoms with Crippen molar-refractivity contribution in [3.63, 3.8) is 0 Å². The van der Waals surface area contributed by atoms with Gasteiger partial charge in [-0.1, -0.05) is 36.4 Å². The zero-order valence-corrected chi connectivity index (χ0v) is 11.3. The fourth-order valence-corrected chi connectivity index (χ4v) is 2.43. The first-order chi connectivity index (χ1) is 10.1. The molecule has 0 fully saturated rings. The third-order valence-corrected chi connectivity index (χ3v) is 3.41. The van der Waals surface area contributed by atoms with Crippen LogP contribution in [0.4, 0.5) is 0 Å². The summed E-state index contributed by atoms with van der Waals surface area (Å²) in [6.45, 7) is -0.159. The van der Waals surface area contributed by atoms with Crippen LogP contribution in [0.1, 0.15) is 10.4 Å². The van der Waals surface area contributed by atoms with Crippen molar-refractivity contribution in [2.75, 3.05) is 6.54 Å². The molecule has 21 heavy (non-hydrogen) atoms. The highest BCUT2D eigenvalue weighted by molar-refractivity contribution is 6.06. The Morgan fingerprint density at radius 3 is 2.62 bits per heavy atom. The number of fused-ring (bicyclic) bond motifs is 3. The lowest BCUT2D eigenvalue weighted by Gasteiger charge is -2.03. The minimum atomic E-state index is -0.560. The molecule has 2 aliphatic rings. The number of carbonyl (C=O) groups excluding carboxylic acids is 2. The summed E-state index contributed by atoms with van der Waals surface area (Å²) in [7, 11) is 0. The lowest BCUT2D eigenvalue weighted by molar-refractivity contribution is -0.117. The normalized spacial score (nSPS) is 10.7. The van der Waals surface area contributed by atoms with Crippen LogP contribution in [-0.2, 0) is 4.79 Å². The average Bonchev–Trinajstić information content (AvgIpc) is 2.65. The summed E-state index contributed by atoms with van der Waals surface area (Å²) in [5.41, 5.74) is 7.77. The van der Waals surface area contributed by atoms with E-state index in [1.54, 1.807) is 6.07 Å². The van der Waals surface area contributed by atoms with Gasteiger partial charge < -0.3 is 11.1 Å². The van der Waals surface area contributed by atoms with E-state index in [1.165, 1.54) is 0 Å². The van der Waals surface area contributed by atoms with Gasteiger partial charge in [0.1, 0.15) is 0 Å². The molecule has 3 N–H and O–H groups in total. The first-order valence-corrected chi connectivity index (χ1v) is 6.63. The number of hydrogen-bond donors (Lipinski definition) is 2. The molecule has 3 rings (SSSR count). The number of rotatable bonds is 3. The van der Waals surface area contributed by atoms with E-state index in [9.17, 15) is 9.59 Å². The van der Waals surface area contributed by atoms with E-state index in [-0.39, 0.29) is 12.5 Å². The Morgan fingerprint density at radius 2 is 1.81 bits per heavy atom. The average molecular weight is 278 g/mol. The second kappa shape index (κ2) is 5.25. The van der Waals surface area contributed by atoms with E-state index in [1.807, 2.05) is 42.5 Å². The first kappa shape index (κ1) is 13.1. The van der Waals surface area contributed by atoms with Crippen molar-refractivity contribution in [3.8, 4) is 11.1 Å². The molecule has 0 spiro atoms. The topological polar surface area (TPSA) is 72.2 Å². The van der Waals surface area contributed by atoms with E-state index in [0.29, 0.717) is 5.56 Å². The van der Waals surface area contributed by atoms with Crippen molar-refractivity contribution in [3.05, 3.63) is 60.2 Å². The molecule has 1 aromatic carbocycles. The van der Waals surface area contributed by atoms with Gasteiger partial charge >= 0.3 is 0 Å². The fraction of sp³-hybridized carbons (Fsp3) is 0.0588. The Labute approximate surface area is 121 Å². The number of primary amides is 1. The molecule has 0 saturated carbocycles. The quantitative estimate of drug-likeness (QED) is 0.770. The summed E-state index contributed by atoms with van der Waals surface area (Å²) in [6.07, 6.45) is 0. The van der Waals surface area contributed by atoms with Gasteiger partial charge in [0.2, 0.25) is 5.91 Å². The van der Waals surface area contributed by atoms with Gasteiger partial charge in [0, 0.05) is 5.56 Å². The summed E-state index contributed by atoms with van der Waals surface area (Å²) in [4.78, 5) is 22.7. The van der Waals surface area contributed by atoms with Crippen LogP contribution in [0.25, 0.3) is 21.9 Å². The van der Waals surface area contributed by atoms with Crippen LogP contribution in [0.3, 0.4) is 0 Å². The van der Waals surface area contributed by atoms with Crippen molar-refractivity contribution in [1.82, 2.24) is 5.32 Å². The van der Waals surface area contributed by atoms with Gasteiger partial charge in [-0.15, -0.1) is 0 Å². The van der Waals surface area contributed by atoms with Crippen LogP contribution in [0.5, 0.6) is 0 Å². The Hall–Kier alpha value is -2.88. The van der Waals surface area contributed by atoms with Crippen LogP contribution in [-0.4, -0.2) is 18.4 Å². The van der Waals surface area contributed by atoms with Gasteiger partial charge in [0.15, 0.2) is 0 Å². The molecule has 4 nitrogen and oxygen atoms in total. The van der Waals surface area contributed by atoms with Crippen LogP contribution in [0, 0.1) is 0 Å². The summed E-state index contributed by atoms with van der Waals surface area (Å²) in [6, 6.07) is 17.6. The van der Waals surface area contributed by atoms with Crippen molar-refractivity contribution >= 4 is 22.6 Å². The molecule has 0 bridgehead atoms. The maximum absolute atomic E-state index is 12.0. The van der Waals surface area contributed by atoms with E-state index in [2.05, 4.69) is 11.4 Å². The SMILES string of the molecule is NC(=O)CNC(=O)c1ccc2cc3cccccc-3c2c1.